The molecule has 2 heterocycles. The highest BCUT2D eigenvalue weighted by Crippen LogP contribution is 2.29. The number of benzene rings is 2. The average Bonchev–Trinajstić information content (AvgIpc) is 3.40. The molecule has 1 aromatic heterocycles. The van der Waals surface area contributed by atoms with E-state index < -0.39 is 0 Å². The average molecular weight is 377 g/mol. The van der Waals surface area contributed by atoms with Crippen molar-refractivity contribution in [3.8, 4) is 11.4 Å². The monoisotopic (exact) mass is 376 g/mol. The zero-order valence-electron chi connectivity index (χ0n) is 17.3. The second-order valence-corrected chi connectivity index (χ2v) is 7.70. The first kappa shape index (κ1) is 19.0. The number of imidazole rings is 1. The van der Waals surface area contributed by atoms with Crippen LogP contribution >= 0.6 is 0 Å². The van der Waals surface area contributed by atoms with E-state index in [-0.39, 0.29) is 0 Å². The number of rotatable bonds is 8. The predicted octanol–water partition coefficient (Wildman–Crippen LogP) is 5.04. The van der Waals surface area contributed by atoms with Gasteiger partial charge in [-0.25, -0.2) is 4.98 Å². The standard InChI is InChI=1S/C24H32N4/c1-3-26(4-2)15-10-18-28-23-14-6-5-13-22(23)25-24(28)20-11-9-12-21(19-20)27-16-7-8-17-27/h5-6,9,11-14,19H,3-4,7-8,10,15-18H2,1-2H3. The molecule has 3 aromatic rings. The van der Waals surface area contributed by atoms with Gasteiger partial charge in [0.15, 0.2) is 0 Å². The molecule has 0 spiro atoms. The van der Waals surface area contributed by atoms with Gasteiger partial charge in [0.2, 0.25) is 0 Å². The van der Waals surface area contributed by atoms with E-state index in [1.54, 1.807) is 0 Å². The molecule has 4 nitrogen and oxygen atoms in total. The van der Waals surface area contributed by atoms with E-state index in [2.05, 4.69) is 76.7 Å². The molecular formula is C24H32N4. The van der Waals surface area contributed by atoms with Gasteiger partial charge in [-0.3, -0.25) is 0 Å². The van der Waals surface area contributed by atoms with Crippen LogP contribution in [0.2, 0.25) is 0 Å². The molecule has 4 rings (SSSR count). The van der Waals surface area contributed by atoms with Crippen LogP contribution in [-0.2, 0) is 6.54 Å². The predicted molar refractivity (Wildman–Crippen MR) is 119 cm³/mol. The van der Waals surface area contributed by atoms with Gasteiger partial charge >= 0.3 is 0 Å². The first-order valence-corrected chi connectivity index (χ1v) is 10.8. The van der Waals surface area contributed by atoms with Gasteiger partial charge in [-0.05, 0) is 63.2 Å². The number of anilines is 1. The first-order chi connectivity index (χ1) is 13.8. The molecule has 0 atom stereocenters. The van der Waals surface area contributed by atoms with Crippen molar-refractivity contribution in [1.82, 2.24) is 14.5 Å². The maximum atomic E-state index is 5.02. The maximum absolute atomic E-state index is 5.02. The Hall–Kier alpha value is -2.33. The number of aromatic nitrogens is 2. The lowest BCUT2D eigenvalue weighted by molar-refractivity contribution is 0.294. The zero-order chi connectivity index (χ0) is 19.3. The van der Waals surface area contributed by atoms with Crippen LogP contribution < -0.4 is 4.90 Å². The summed E-state index contributed by atoms with van der Waals surface area (Å²) in [5.41, 5.74) is 4.88. The maximum Gasteiger partial charge on any atom is 0.141 e. The highest BCUT2D eigenvalue weighted by molar-refractivity contribution is 5.81. The van der Waals surface area contributed by atoms with Crippen molar-refractivity contribution in [1.29, 1.82) is 0 Å². The van der Waals surface area contributed by atoms with Gasteiger partial charge in [-0.2, -0.15) is 0 Å². The minimum atomic E-state index is 1.00. The summed E-state index contributed by atoms with van der Waals surface area (Å²) < 4.78 is 2.42. The minimum Gasteiger partial charge on any atom is -0.372 e. The fourth-order valence-corrected chi connectivity index (χ4v) is 4.33. The third-order valence-corrected chi connectivity index (χ3v) is 5.98. The van der Waals surface area contributed by atoms with Gasteiger partial charge in [0, 0.05) is 30.9 Å². The van der Waals surface area contributed by atoms with Crippen molar-refractivity contribution >= 4 is 16.7 Å². The van der Waals surface area contributed by atoms with Gasteiger partial charge < -0.3 is 14.4 Å². The van der Waals surface area contributed by atoms with Gasteiger partial charge in [-0.1, -0.05) is 38.1 Å². The number of hydrogen-bond acceptors (Lipinski definition) is 3. The van der Waals surface area contributed by atoms with E-state index in [9.17, 15) is 0 Å². The van der Waals surface area contributed by atoms with Crippen molar-refractivity contribution in [3.05, 3.63) is 48.5 Å². The van der Waals surface area contributed by atoms with Crippen LogP contribution in [0, 0.1) is 0 Å². The summed E-state index contributed by atoms with van der Waals surface area (Å²) >= 11 is 0. The molecular weight excluding hydrogens is 344 g/mol. The molecule has 0 N–H and O–H groups in total. The van der Waals surface area contributed by atoms with Crippen LogP contribution in [0.25, 0.3) is 22.4 Å². The largest absolute Gasteiger partial charge is 0.372 e. The summed E-state index contributed by atoms with van der Waals surface area (Å²) in [4.78, 5) is 10.0. The molecule has 1 aliphatic rings. The molecule has 1 aliphatic heterocycles. The lowest BCUT2D eigenvalue weighted by Crippen LogP contribution is -2.24. The van der Waals surface area contributed by atoms with Crippen LogP contribution in [0.3, 0.4) is 0 Å². The second kappa shape index (κ2) is 8.78. The molecule has 0 unspecified atom stereocenters. The Kier molecular flexibility index (Phi) is 5.96. The van der Waals surface area contributed by atoms with Crippen molar-refractivity contribution in [2.45, 2.75) is 39.7 Å². The summed E-state index contributed by atoms with van der Waals surface area (Å²) in [7, 11) is 0. The topological polar surface area (TPSA) is 24.3 Å². The van der Waals surface area contributed by atoms with Gasteiger partial charge in [0.1, 0.15) is 5.82 Å². The first-order valence-electron chi connectivity index (χ1n) is 10.8. The zero-order valence-corrected chi connectivity index (χ0v) is 17.3. The van der Waals surface area contributed by atoms with Crippen molar-refractivity contribution in [2.75, 3.05) is 37.6 Å². The Labute approximate surface area is 168 Å². The molecule has 28 heavy (non-hydrogen) atoms. The van der Waals surface area contributed by atoms with Crippen LogP contribution in [-0.4, -0.2) is 47.2 Å². The Balaban J connectivity index is 1.65. The summed E-state index contributed by atoms with van der Waals surface area (Å²) in [6.45, 7) is 11.2. The fraction of sp³-hybridized carbons (Fsp3) is 0.458. The highest BCUT2D eigenvalue weighted by atomic mass is 15.1. The van der Waals surface area contributed by atoms with Gasteiger partial charge in [0.25, 0.3) is 0 Å². The van der Waals surface area contributed by atoms with E-state index in [1.165, 1.54) is 42.7 Å². The number of nitrogens with zero attached hydrogens (tertiary/aromatic N) is 4. The quantitative estimate of drug-likeness (QED) is 0.551. The van der Waals surface area contributed by atoms with Gasteiger partial charge in [-0.15, -0.1) is 0 Å². The Morgan fingerprint density at radius 1 is 0.964 bits per heavy atom. The van der Waals surface area contributed by atoms with E-state index in [1.807, 2.05) is 0 Å². The highest BCUT2D eigenvalue weighted by Gasteiger charge is 2.16. The van der Waals surface area contributed by atoms with E-state index >= 15 is 0 Å². The molecule has 2 aromatic carbocycles. The van der Waals surface area contributed by atoms with E-state index in [4.69, 9.17) is 4.98 Å². The number of aryl methyl sites for hydroxylation is 1. The van der Waals surface area contributed by atoms with Crippen molar-refractivity contribution in [2.24, 2.45) is 0 Å². The normalized spacial score (nSPS) is 14.5. The van der Waals surface area contributed by atoms with E-state index in [0.29, 0.717) is 0 Å². The van der Waals surface area contributed by atoms with Gasteiger partial charge in [0.05, 0.1) is 11.0 Å². The molecule has 1 saturated heterocycles. The van der Waals surface area contributed by atoms with Crippen molar-refractivity contribution < 1.29 is 0 Å². The SMILES string of the molecule is CCN(CC)CCCn1c(-c2cccc(N3CCCC3)c2)nc2ccccc21. The molecule has 0 saturated carbocycles. The molecule has 148 valence electrons. The third-order valence-electron chi connectivity index (χ3n) is 5.98. The molecule has 0 radical (unpaired) electrons. The van der Waals surface area contributed by atoms with E-state index in [0.717, 1.165) is 43.9 Å². The molecule has 0 amide bonds. The lowest BCUT2D eigenvalue weighted by Gasteiger charge is -2.19. The van der Waals surface area contributed by atoms with Crippen LogP contribution in [0.4, 0.5) is 5.69 Å². The molecule has 1 fully saturated rings. The fourth-order valence-electron chi connectivity index (χ4n) is 4.33. The second-order valence-electron chi connectivity index (χ2n) is 7.70. The Bertz CT molecular complexity index is 904. The smallest absolute Gasteiger partial charge is 0.141 e. The Morgan fingerprint density at radius 2 is 1.75 bits per heavy atom. The lowest BCUT2D eigenvalue weighted by atomic mass is 10.1. The van der Waals surface area contributed by atoms with Crippen LogP contribution in [0.5, 0.6) is 0 Å². The molecule has 0 aliphatic carbocycles. The van der Waals surface area contributed by atoms with Crippen LogP contribution in [0.15, 0.2) is 48.5 Å². The summed E-state index contributed by atoms with van der Waals surface area (Å²) in [6.07, 6.45) is 3.74. The third kappa shape index (κ3) is 3.93. The number of hydrogen-bond donors (Lipinski definition) is 0. The number of para-hydroxylation sites is 2. The summed E-state index contributed by atoms with van der Waals surface area (Å²) in [6, 6.07) is 17.5. The molecule has 4 heteroatoms. The van der Waals surface area contributed by atoms with Crippen LogP contribution in [0.1, 0.15) is 33.1 Å². The minimum absolute atomic E-state index is 1.00. The summed E-state index contributed by atoms with van der Waals surface area (Å²) in [5.74, 6) is 1.10. The Morgan fingerprint density at radius 3 is 2.54 bits per heavy atom. The summed E-state index contributed by atoms with van der Waals surface area (Å²) in [5, 5.41) is 0. The number of fused-ring (bicyclic) bond motifs is 1. The molecule has 0 bridgehead atoms. The van der Waals surface area contributed by atoms with Crippen molar-refractivity contribution in [3.63, 3.8) is 0 Å².